The summed E-state index contributed by atoms with van der Waals surface area (Å²) in [6.45, 7) is 1.27. The van der Waals surface area contributed by atoms with Gasteiger partial charge in [0, 0.05) is 13.6 Å². The largest absolute Gasteiger partial charge is 0.493 e. The fourth-order valence-electron chi connectivity index (χ4n) is 2.35. The van der Waals surface area contributed by atoms with Crippen LogP contribution in [0.3, 0.4) is 0 Å². The second kappa shape index (κ2) is 9.42. The molecule has 0 saturated carbocycles. The molecule has 0 bridgehead atoms. The molecule has 6 nitrogen and oxygen atoms in total. The van der Waals surface area contributed by atoms with Gasteiger partial charge in [-0.15, -0.1) is 0 Å². The summed E-state index contributed by atoms with van der Waals surface area (Å²) in [4.78, 5) is 13.7. The highest BCUT2D eigenvalue weighted by molar-refractivity contribution is 5.73. The molecule has 2 aromatic rings. The van der Waals surface area contributed by atoms with Crippen molar-refractivity contribution in [1.29, 1.82) is 0 Å². The topological polar surface area (TPSA) is 60.0 Å². The van der Waals surface area contributed by atoms with Crippen molar-refractivity contribution < 1.29 is 19.0 Å². The van der Waals surface area contributed by atoms with Crippen LogP contribution < -0.4 is 19.5 Å². The Morgan fingerprint density at radius 2 is 1.72 bits per heavy atom. The fraction of sp³-hybridized carbons (Fsp3) is 0.316. The van der Waals surface area contributed by atoms with Crippen LogP contribution in [0, 0.1) is 0 Å². The number of carbonyl (C=O) groups excluding carboxylic acids is 1. The number of ether oxygens (including phenoxy) is 3. The first kappa shape index (κ1) is 18.4. The van der Waals surface area contributed by atoms with Crippen molar-refractivity contribution in [2.24, 2.45) is 0 Å². The Balaban J connectivity index is 1.78. The Kier molecular flexibility index (Phi) is 6.95. The molecule has 2 aromatic carbocycles. The van der Waals surface area contributed by atoms with E-state index in [1.165, 1.54) is 0 Å². The number of urea groups is 1. The van der Waals surface area contributed by atoms with Crippen molar-refractivity contribution >= 4 is 6.03 Å². The van der Waals surface area contributed by atoms with E-state index in [0.717, 1.165) is 5.56 Å². The molecule has 2 rings (SSSR count). The Morgan fingerprint density at radius 3 is 2.40 bits per heavy atom. The number of nitrogens with one attached hydrogen (secondary N) is 1. The van der Waals surface area contributed by atoms with Crippen molar-refractivity contribution in [3.63, 3.8) is 0 Å². The Hall–Kier alpha value is -2.89. The van der Waals surface area contributed by atoms with Crippen molar-refractivity contribution in [1.82, 2.24) is 10.2 Å². The second-order valence-electron chi connectivity index (χ2n) is 5.41. The van der Waals surface area contributed by atoms with Crippen molar-refractivity contribution in [2.75, 3.05) is 34.4 Å². The van der Waals surface area contributed by atoms with Gasteiger partial charge in [-0.1, -0.05) is 36.4 Å². The van der Waals surface area contributed by atoms with E-state index in [-0.39, 0.29) is 6.03 Å². The van der Waals surface area contributed by atoms with E-state index >= 15 is 0 Å². The molecular weight excluding hydrogens is 320 g/mol. The molecule has 0 unspecified atom stereocenters. The minimum atomic E-state index is -0.148. The second-order valence-corrected chi connectivity index (χ2v) is 5.41. The molecule has 0 aliphatic heterocycles. The van der Waals surface area contributed by atoms with Crippen LogP contribution in [-0.2, 0) is 6.54 Å². The molecule has 25 heavy (non-hydrogen) atoms. The summed E-state index contributed by atoms with van der Waals surface area (Å²) in [5.74, 6) is 1.72. The molecule has 0 fully saturated rings. The maximum Gasteiger partial charge on any atom is 0.317 e. The third-order valence-electron chi connectivity index (χ3n) is 3.61. The first-order valence-electron chi connectivity index (χ1n) is 8.02. The first-order valence-corrected chi connectivity index (χ1v) is 8.02. The van der Waals surface area contributed by atoms with Gasteiger partial charge in [0.2, 0.25) is 5.75 Å². The van der Waals surface area contributed by atoms with Crippen LogP contribution in [0.5, 0.6) is 17.2 Å². The Bertz CT molecular complexity index is 676. The van der Waals surface area contributed by atoms with Gasteiger partial charge in [0.25, 0.3) is 0 Å². The van der Waals surface area contributed by atoms with E-state index in [1.54, 1.807) is 38.3 Å². The summed E-state index contributed by atoms with van der Waals surface area (Å²) in [6, 6.07) is 15.1. The molecule has 0 aliphatic carbocycles. The SMILES string of the molecule is COc1cccc(OCCNC(=O)N(C)Cc2ccccc2)c1OC. The molecule has 0 aromatic heterocycles. The third kappa shape index (κ3) is 5.31. The molecule has 1 N–H and O–H groups in total. The number of para-hydroxylation sites is 1. The molecule has 0 atom stereocenters. The normalized spacial score (nSPS) is 10.0. The van der Waals surface area contributed by atoms with Crippen molar-refractivity contribution in [3.05, 3.63) is 54.1 Å². The standard InChI is InChI=1S/C19H24N2O4/c1-21(14-15-8-5-4-6-9-15)19(22)20-12-13-25-17-11-7-10-16(23-2)18(17)24-3/h4-11H,12-14H2,1-3H3,(H,20,22). The average Bonchev–Trinajstić information content (AvgIpc) is 2.65. The number of benzene rings is 2. The lowest BCUT2D eigenvalue weighted by atomic mass is 10.2. The lowest BCUT2D eigenvalue weighted by Crippen LogP contribution is -2.38. The van der Waals surface area contributed by atoms with Crippen LogP contribution >= 0.6 is 0 Å². The molecule has 6 heteroatoms. The van der Waals surface area contributed by atoms with Gasteiger partial charge in [-0.2, -0.15) is 0 Å². The highest BCUT2D eigenvalue weighted by Gasteiger charge is 2.11. The zero-order valence-corrected chi connectivity index (χ0v) is 14.8. The van der Waals surface area contributed by atoms with Crippen LogP contribution in [0.15, 0.2) is 48.5 Å². The molecule has 0 radical (unpaired) electrons. The summed E-state index contributed by atoms with van der Waals surface area (Å²) in [7, 11) is 4.89. The van der Waals surface area contributed by atoms with Gasteiger partial charge < -0.3 is 24.4 Å². The molecule has 2 amide bonds. The smallest absolute Gasteiger partial charge is 0.317 e. The number of amides is 2. The fourth-order valence-corrected chi connectivity index (χ4v) is 2.35. The third-order valence-corrected chi connectivity index (χ3v) is 3.61. The highest BCUT2D eigenvalue weighted by atomic mass is 16.5. The minimum absolute atomic E-state index is 0.148. The minimum Gasteiger partial charge on any atom is -0.493 e. The number of rotatable bonds is 8. The summed E-state index contributed by atoms with van der Waals surface area (Å²) < 4.78 is 16.2. The number of hydrogen-bond acceptors (Lipinski definition) is 4. The summed E-state index contributed by atoms with van der Waals surface area (Å²) >= 11 is 0. The first-order chi connectivity index (χ1) is 12.2. The monoisotopic (exact) mass is 344 g/mol. The average molecular weight is 344 g/mol. The van der Waals surface area contributed by atoms with Crippen LogP contribution in [0.4, 0.5) is 4.79 Å². The molecule has 0 spiro atoms. The Morgan fingerprint density at radius 1 is 1.00 bits per heavy atom. The Labute approximate surface area is 148 Å². The molecule has 0 saturated heterocycles. The van der Waals surface area contributed by atoms with Crippen LogP contribution in [0.1, 0.15) is 5.56 Å². The molecule has 134 valence electrons. The van der Waals surface area contributed by atoms with Crippen molar-refractivity contribution in [2.45, 2.75) is 6.54 Å². The maximum absolute atomic E-state index is 12.1. The highest BCUT2D eigenvalue weighted by Crippen LogP contribution is 2.36. The summed E-state index contributed by atoms with van der Waals surface area (Å²) in [6.07, 6.45) is 0. The molecule has 0 heterocycles. The zero-order valence-electron chi connectivity index (χ0n) is 14.8. The van der Waals surface area contributed by atoms with Gasteiger partial charge in [-0.25, -0.2) is 4.79 Å². The number of nitrogens with zero attached hydrogens (tertiary/aromatic N) is 1. The van der Waals surface area contributed by atoms with E-state index in [0.29, 0.717) is 36.9 Å². The van der Waals surface area contributed by atoms with Crippen LogP contribution in [-0.4, -0.2) is 45.3 Å². The zero-order chi connectivity index (χ0) is 18.1. The van der Waals surface area contributed by atoms with Crippen LogP contribution in [0.2, 0.25) is 0 Å². The van der Waals surface area contributed by atoms with E-state index < -0.39 is 0 Å². The maximum atomic E-state index is 12.1. The van der Waals surface area contributed by atoms with Gasteiger partial charge in [-0.3, -0.25) is 0 Å². The lowest BCUT2D eigenvalue weighted by molar-refractivity contribution is 0.203. The quantitative estimate of drug-likeness (QED) is 0.748. The van der Waals surface area contributed by atoms with Gasteiger partial charge in [0.1, 0.15) is 6.61 Å². The number of carbonyl (C=O) groups is 1. The predicted molar refractivity (Wildman–Crippen MR) is 96.3 cm³/mol. The van der Waals surface area contributed by atoms with Gasteiger partial charge in [-0.05, 0) is 17.7 Å². The summed E-state index contributed by atoms with van der Waals surface area (Å²) in [5, 5.41) is 2.83. The number of hydrogen-bond donors (Lipinski definition) is 1. The van der Waals surface area contributed by atoms with E-state index in [4.69, 9.17) is 14.2 Å². The van der Waals surface area contributed by atoms with Crippen molar-refractivity contribution in [3.8, 4) is 17.2 Å². The van der Waals surface area contributed by atoms with Gasteiger partial charge in [0.05, 0.1) is 20.8 Å². The van der Waals surface area contributed by atoms with Crippen LogP contribution in [0.25, 0.3) is 0 Å². The van der Waals surface area contributed by atoms with E-state index in [1.807, 2.05) is 36.4 Å². The predicted octanol–water partition coefficient (Wildman–Crippen LogP) is 2.92. The van der Waals surface area contributed by atoms with Gasteiger partial charge in [0.15, 0.2) is 11.5 Å². The number of methoxy groups -OCH3 is 2. The molecular formula is C19H24N2O4. The lowest BCUT2D eigenvalue weighted by Gasteiger charge is -2.18. The van der Waals surface area contributed by atoms with E-state index in [9.17, 15) is 4.79 Å². The molecule has 0 aliphatic rings. The summed E-state index contributed by atoms with van der Waals surface area (Å²) in [5.41, 5.74) is 1.08. The van der Waals surface area contributed by atoms with Gasteiger partial charge >= 0.3 is 6.03 Å². The van der Waals surface area contributed by atoms with E-state index in [2.05, 4.69) is 5.32 Å².